The molecule has 0 heterocycles. The first-order valence-corrected chi connectivity index (χ1v) is 7.70. The Hall–Kier alpha value is -0.310. The molecule has 2 nitrogen and oxygen atoms in total. The zero-order valence-electron chi connectivity index (χ0n) is 11.2. The van der Waals surface area contributed by atoms with Crippen LogP contribution in [0, 0.1) is 11.8 Å². The summed E-state index contributed by atoms with van der Waals surface area (Å²) in [5, 5.41) is 4.64. The van der Waals surface area contributed by atoms with Crippen LogP contribution in [0.3, 0.4) is 0 Å². The lowest BCUT2D eigenvalue weighted by atomic mass is 9.95. The van der Waals surface area contributed by atoms with E-state index in [1.807, 2.05) is 0 Å². The summed E-state index contributed by atoms with van der Waals surface area (Å²) in [5.41, 5.74) is 0. The molecule has 2 aliphatic carbocycles. The van der Waals surface area contributed by atoms with Crippen LogP contribution in [0.1, 0.15) is 52.4 Å². The molecule has 0 aromatic rings. The van der Waals surface area contributed by atoms with Crippen LogP contribution >= 0.6 is 12.2 Å². The van der Waals surface area contributed by atoms with Crippen molar-refractivity contribution >= 4 is 17.3 Å². The Morgan fingerprint density at radius 3 is 2.35 bits per heavy atom. The summed E-state index contributed by atoms with van der Waals surface area (Å²) in [6, 6.07) is 0.678. The van der Waals surface area contributed by atoms with Gasteiger partial charge < -0.3 is 10.2 Å². The van der Waals surface area contributed by atoms with Crippen LogP contribution in [-0.2, 0) is 0 Å². The highest BCUT2D eigenvalue weighted by atomic mass is 32.1. The minimum Gasteiger partial charge on any atom is -0.360 e. The van der Waals surface area contributed by atoms with Gasteiger partial charge in [0, 0.05) is 19.1 Å². The predicted octanol–water partition coefficient (Wildman–Crippen LogP) is 3.17. The maximum Gasteiger partial charge on any atom is 0.169 e. The van der Waals surface area contributed by atoms with Gasteiger partial charge in [-0.2, -0.15) is 0 Å². The molecule has 3 unspecified atom stereocenters. The smallest absolute Gasteiger partial charge is 0.169 e. The number of nitrogens with zero attached hydrogens (tertiary/aromatic N) is 1. The molecule has 2 bridgehead atoms. The maximum atomic E-state index is 5.57. The van der Waals surface area contributed by atoms with Crippen LogP contribution < -0.4 is 5.32 Å². The summed E-state index contributed by atoms with van der Waals surface area (Å²) >= 11 is 5.57. The van der Waals surface area contributed by atoms with Gasteiger partial charge >= 0.3 is 0 Å². The topological polar surface area (TPSA) is 15.3 Å². The van der Waals surface area contributed by atoms with Gasteiger partial charge in [-0.05, 0) is 56.2 Å². The second-order valence-electron chi connectivity index (χ2n) is 5.72. The van der Waals surface area contributed by atoms with Gasteiger partial charge in [-0.25, -0.2) is 0 Å². The molecule has 0 radical (unpaired) electrons. The lowest BCUT2D eigenvalue weighted by molar-refractivity contribution is 0.357. The highest BCUT2D eigenvalue weighted by molar-refractivity contribution is 7.80. The van der Waals surface area contributed by atoms with E-state index in [0.717, 1.165) is 30.0 Å². The maximum absolute atomic E-state index is 5.57. The van der Waals surface area contributed by atoms with Gasteiger partial charge in [0.25, 0.3) is 0 Å². The fourth-order valence-electron chi connectivity index (χ4n) is 3.53. The standard InChI is InChI=1S/C14H26N2S/c1-3-7-16(8-4-2)14(17)15-13-10-11-5-6-12(13)9-11/h11-13H,3-10H2,1-2H3,(H,15,17). The molecule has 0 spiro atoms. The summed E-state index contributed by atoms with van der Waals surface area (Å²) in [4.78, 5) is 2.35. The van der Waals surface area contributed by atoms with Crippen LogP contribution in [0.5, 0.6) is 0 Å². The van der Waals surface area contributed by atoms with E-state index >= 15 is 0 Å². The van der Waals surface area contributed by atoms with Crippen molar-refractivity contribution in [2.75, 3.05) is 13.1 Å². The van der Waals surface area contributed by atoms with Gasteiger partial charge in [0.2, 0.25) is 0 Å². The lowest BCUT2D eigenvalue weighted by Gasteiger charge is -2.30. The number of thiocarbonyl (C=S) groups is 1. The molecule has 0 aromatic carbocycles. The first-order valence-electron chi connectivity index (χ1n) is 7.30. The van der Waals surface area contributed by atoms with Gasteiger partial charge in [0.1, 0.15) is 0 Å². The summed E-state index contributed by atoms with van der Waals surface area (Å²) < 4.78 is 0. The number of nitrogens with one attached hydrogen (secondary N) is 1. The normalized spacial score (nSPS) is 30.6. The fraction of sp³-hybridized carbons (Fsp3) is 0.929. The second-order valence-corrected chi connectivity index (χ2v) is 6.10. The molecule has 17 heavy (non-hydrogen) atoms. The summed E-state index contributed by atoms with van der Waals surface area (Å²) in [6.45, 7) is 6.65. The van der Waals surface area contributed by atoms with Crippen molar-refractivity contribution in [3.8, 4) is 0 Å². The third kappa shape index (κ3) is 3.12. The molecular weight excluding hydrogens is 228 g/mol. The number of fused-ring (bicyclic) bond motifs is 2. The van der Waals surface area contributed by atoms with E-state index in [2.05, 4.69) is 24.1 Å². The Balaban J connectivity index is 1.82. The van der Waals surface area contributed by atoms with E-state index in [4.69, 9.17) is 12.2 Å². The Morgan fingerprint density at radius 2 is 1.88 bits per heavy atom. The lowest BCUT2D eigenvalue weighted by Crippen LogP contribution is -2.47. The quantitative estimate of drug-likeness (QED) is 0.759. The van der Waals surface area contributed by atoms with Crippen molar-refractivity contribution in [2.24, 2.45) is 11.8 Å². The molecular formula is C14H26N2S. The minimum atomic E-state index is 0.678. The molecule has 2 saturated carbocycles. The highest BCUT2D eigenvalue weighted by Crippen LogP contribution is 2.44. The molecule has 1 N–H and O–H groups in total. The first-order chi connectivity index (χ1) is 8.24. The van der Waals surface area contributed by atoms with Crippen molar-refractivity contribution in [1.82, 2.24) is 10.2 Å². The summed E-state index contributed by atoms with van der Waals surface area (Å²) in [7, 11) is 0. The summed E-state index contributed by atoms with van der Waals surface area (Å²) in [6.07, 6.45) is 8.05. The van der Waals surface area contributed by atoms with E-state index < -0.39 is 0 Å². The highest BCUT2D eigenvalue weighted by Gasteiger charge is 2.39. The number of rotatable bonds is 5. The SMILES string of the molecule is CCCN(CCC)C(=S)NC1CC2CCC1C2. The Kier molecular flexibility index (Phi) is 4.66. The third-order valence-electron chi connectivity index (χ3n) is 4.32. The average Bonchev–Trinajstić information content (AvgIpc) is 2.90. The molecule has 2 fully saturated rings. The van der Waals surface area contributed by atoms with Crippen LogP contribution in [0.25, 0.3) is 0 Å². The Bertz CT molecular complexity index is 261. The molecule has 3 atom stereocenters. The van der Waals surface area contributed by atoms with Gasteiger partial charge in [-0.1, -0.05) is 20.3 Å². The fourth-order valence-corrected chi connectivity index (χ4v) is 3.86. The molecule has 0 aliphatic heterocycles. The van der Waals surface area contributed by atoms with Crippen LogP contribution in [0.4, 0.5) is 0 Å². The summed E-state index contributed by atoms with van der Waals surface area (Å²) in [5.74, 6) is 1.90. The molecule has 3 heteroatoms. The zero-order chi connectivity index (χ0) is 12.3. The second kappa shape index (κ2) is 6.03. The van der Waals surface area contributed by atoms with Crippen molar-refractivity contribution < 1.29 is 0 Å². The third-order valence-corrected chi connectivity index (χ3v) is 4.70. The van der Waals surface area contributed by atoms with Crippen molar-refractivity contribution in [2.45, 2.75) is 58.4 Å². The van der Waals surface area contributed by atoms with E-state index in [0.29, 0.717) is 6.04 Å². The monoisotopic (exact) mass is 254 g/mol. The Labute approximate surface area is 111 Å². The van der Waals surface area contributed by atoms with Gasteiger partial charge in [-0.15, -0.1) is 0 Å². The van der Waals surface area contributed by atoms with E-state index in [9.17, 15) is 0 Å². The van der Waals surface area contributed by atoms with Crippen LogP contribution in [0.15, 0.2) is 0 Å². The van der Waals surface area contributed by atoms with Crippen molar-refractivity contribution in [3.63, 3.8) is 0 Å². The number of hydrogen-bond acceptors (Lipinski definition) is 1. The first kappa shape index (κ1) is 13.1. The largest absolute Gasteiger partial charge is 0.360 e. The van der Waals surface area contributed by atoms with Gasteiger partial charge in [0.05, 0.1) is 0 Å². The van der Waals surface area contributed by atoms with Crippen molar-refractivity contribution in [3.05, 3.63) is 0 Å². The van der Waals surface area contributed by atoms with E-state index in [1.165, 1.54) is 38.5 Å². The molecule has 0 amide bonds. The van der Waals surface area contributed by atoms with E-state index in [-0.39, 0.29) is 0 Å². The van der Waals surface area contributed by atoms with Crippen LogP contribution in [-0.4, -0.2) is 29.1 Å². The van der Waals surface area contributed by atoms with Crippen LogP contribution in [0.2, 0.25) is 0 Å². The molecule has 0 saturated heterocycles. The predicted molar refractivity (Wildman–Crippen MR) is 77.1 cm³/mol. The minimum absolute atomic E-state index is 0.678. The Morgan fingerprint density at radius 1 is 1.18 bits per heavy atom. The molecule has 0 aromatic heterocycles. The van der Waals surface area contributed by atoms with Gasteiger partial charge in [-0.3, -0.25) is 0 Å². The van der Waals surface area contributed by atoms with Gasteiger partial charge in [0.15, 0.2) is 5.11 Å². The molecule has 2 rings (SSSR count). The van der Waals surface area contributed by atoms with Crippen molar-refractivity contribution in [1.29, 1.82) is 0 Å². The molecule has 98 valence electrons. The average molecular weight is 254 g/mol. The zero-order valence-corrected chi connectivity index (χ0v) is 12.1. The van der Waals surface area contributed by atoms with E-state index in [1.54, 1.807) is 0 Å². The number of hydrogen-bond donors (Lipinski definition) is 1. The molecule has 2 aliphatic rings.